The second kappa shape index (κ2) is 8.23. The van der Waals surface area contributed by atoms with Gasteiger partial charge in [-0.05, 0) is 0 Å². The van der Waals surface area contributed by atoms with Crippen LogP contribution in [0.15, 0.2) is 0 Å². The second-order valence-electron chi connectivity index (χ2n) is 1.15. The molecule has 0 saturated carbocycles. The zero-order valence-corrected chi connectivity index (χ0v) is 7.83. The number of nitrogens with one attached hydrogen (secondary N) is 1. The van der Waals surface area contributed by atoms with Gasteiger partial charge in [0.1, 0.15) is 0 Å². The Kier molecular flexibility index (Phi) is 12.3. The van der Waals surface area contributed by atoms with E-state index in [1.54, 1.807) is 0 Å². The van der Waals surface area contributed by atoms with Crippen molar-refractivity contribution < 1.29 is 5.11 Å². The molecule has 0 aromatic carbocycles. The molecule has 0 saturated heterocycles. The van der Waals surface area contributed by atoms with Crippen molar-refractivity contribution in [2.75, 3.05) is 12.4 Å². The summed E-state index contributed by atoms with van der Waals surface area (Å²) < 4.78 is 2.75. The molecule has 0 rings (SSSR count). The fourth-order valence-electron chi connectivity index (χ4n) is 0.144. The molecular formula is C3H8Cl2INO. The predicted molar refractivity (Wildman–Crippen MR) is 46.0 cm³/mol. The van der Waals surface area contributed by atoms with Crippen LogP contribution in [-0.4, -0.2) is 23.6 Å². The van der Waals surface area contributed by atoms with Gasteiger partial charge in [-0.3, -0.25) is 3.53 Å². The highest BCUT2D eigenvalue weighted by molar-refractivity contribution is 14.1. The molecule has 2 nitrogen and oxygen atoms in total. The smallest absolute Gasteiger partial charge is 0.0807 e. The van der Waals surface area contributed by atoms with Crippen molar-refractivity contribution in [2.45, 2.75) is 6.10 Å². The standard InChI is InChI=1S/C3H7ClINO.ClH/c4-1-3(7)2-6-5;/h3,6-7H,1-2H2;1H. The van der Waals surface area contributed by atoms with Crippen LogP contribution in [0.5, 0.6) is 0 Å². The maximum Gasteiger partial charge on any atom is 0.0807 e. The first-order valence-corrected chi connectivity index (χ1v) is 3.50. The number of aliphatic hydroxyl groups excluding tert-OH is 1. The number of hydrogen-bond donors (Lipinski definition) is 2. The van der Waals surface area contributed by atoms with E-state index in [-0.39, 0.29) is 12.4 Å². The quantitative estimate of drug-likeness (QED) is 0.455. The van der Waals surface area contributed by atoms with Crippen LogP contribution in [0.1, 0.15) is 0 Å². The lowest BCUT2D eigenvalue weighted by Crippen LogP contribution is -2.20. The van der Waals surface area contributed by atoms with E-state index < -0.39 is 6.10 Å². The lowest BCUT2D eigenvalue weighted by atomic mass is 10.4. The maximum atomic E-state index is 8.66. The number of halogens is 3. The molecule has 0 fully saturated rings. The fourth-order valence-corrected chi connectivity index (χ4v) is 0.761. The minimum absolute atomic E-state index is 0. The maximum absolute atomic E-state index is 8.66. The lowest BCUT2D eigenvalue weighted by Gasteiger charge is -2.00. The van der Waals surface area contributed by atoms with Gasteiger partial charge in [-0.15, -0.1) is 24.0 Å². The molecule has 1 unspecified atom stereocenters. The minimum atomic E-state index is -0.404. The fraction of sp³-hybridized carbons (Fsp3) is 1.00. The molecule has 0 aromatic heterocycles. The molecule has 0 bridgehead atoms. The summed E-state index contributed by atoms with van der Waals surface area (Å²) in [6, 6.07) is 0. The van der Waals surface area contributed by atoms with E-state index >= 15 is 0 Å². The van der Waals surface area contributed by atoms with E-state index in [9.17, 15) is 0 Å². The summed E-state index contributed by atoms with van der Waals surface area (Å²) in [6.45, 7) is 0.560. The summed E-state index contributed by atoms with van der Waals surface area (Å²) in [7, 11) is 0. The largest absolute Gasteiger partial charge is 0.391 e. The van der Waals surface area contributed by atoms with E-state index in [4.69, 9.17) is 16.7 Å². The van der Waals surface area contributed by atoms with Gasteiger partial charge in [-0.2, -0.15) is 0 Å². The van der Waals surface area contributed by atoms with E-state index in [1.807, 2.05) is 22.9 Å². The van der Waals surface area contributed by atoms with Crippen LogP contribution in [-0.2, 0) is 0 Å². The molecule has 52 valence electrons. The predicted octanol–water partition coefficient (Wildman–Crippen LogP) is 0.948. The highest BCUT2D eigenvalue weighted by atomic mass is 127. The first-order valence-electron chi connectivity index (χ1n) is 1.88. The molecule has 2 N–H and O–H groups in total. The number of aliphatic hydroxyl groups is 1. The number of alkyl halides is 1. The van der Waals surface area contributed by atoms with Crippen molar-refractivity contribution in [1.29, 1.82) is 0 Å². The van der Waals surface area contributed by atoms with E-state index in [0.29, 0.717) is 12.4 Å². The van der Waals surface area contributed by atoms with Crippen molar-refractivity contribution in [3.8, 4) is 0 Å². The Labute approximate surface area is 73.9 Å². The molecule has 0 aromatic rings. The van der Waals surface area contributed by atoms with E-state index in [2.05, 4.69) is 3.53 Å². The summed E-state index contributed by atoms with van der Waals surface area (Å²) in [6.07, 6.45) is -0.404. The van der Waals surface area contributed by atoms with Gasteiger partial charge in [0.05, 0.1) is 6.10 Å². The first kappa shape index (κ1) is 12.0. The van der Waals surface area contributed by atoms with E-state index in [0.717, 1.165) is 0 Å². The highest BCUT2D eigenvalue weighted by Gasteiger charge is 1.96. The Bertz CT molecular complexity index is 48.3. The van der Waals surface area contributed by atoms with Crippen molar-refractivity contribution >= 4 is 46.9 Å². The average Bonchev–Trinajstić information content (AvgIpc) is 1.68. The molecule has 0 amide bonds. The van der Waals surface area contributed by atoms with Gasteiger partial charge < -0.3 is 5.11 Å². The van der Waals surface area contributed by atoms with Crippen molar-refractivity contribution in [2.24, 2.45) is 0 Å². The molecule has 5 heteroatoms. The Hall–Kier alpha value is 1.23. The molecule has 0 heterocycles. The van der Waals surface area contributed by atoms with Crippen LogP contribution in [0.25, 0.3) is 0 Å². The van der Waals surface area contributed by atoms with Gasteiger partial charge in [-0.1, -0.05) is 0 Å². The monoisotopic (exact) mass is 271 g/mol. The number of rotatable bonds is 3. The summed E-state index contributed by atoms with van der Waals surface area (Å²) in [5, 5.41) is 8.66. The molecule has 0 spiro atoms. The van der Waals surface area contributed by atoms with Crippen LogP contribution in [0.2, 0.25) is 0 Å². The van der Waals surface area contributed by atoms with E-state index in [1.165, 1.54) is 0 Å². The summed E-state index contributed by atoms with van der Waals surface area (Å²) in [5.41, 5.74) is 0. The topological polar surface area (TPSA) is 32.3 Å². The van der Waals surface area contributed by atoms with Gasteiger partial charge >= 0.3 is 0 Å². The van der Waals surface area contributed by atoms with Gasteiger partial charge in [0.25, 0.3) is 0 Å². The third-order valence-corrected chi connectivity index (χ3v) is 1.29. The van der Waals surface area contributed by atoms with Gasteiger partial charge in [-0.25, -0.2) is 0 Å². The Morgan fingerprint density at radius 3 is 2.38 bits per heavy atom. The summed E-state index contributed by atoms with van der Waals surface area (Å²) in [4.78, 5) is 0. The molecular weight excluding hydrogens is 264 g/mol. The zero-order valence-electron chi connectivity index (χ0n) is 4.10. The zero-order chi connectivity index (χ0) is 5.70. The summed E-state index contributed by atoms with van der Waals surface area (Å²) in [5.74, 6) is 0.302. The van der Waals surface area contributed by atoms with Gasteiger partial charge in [0.2, 0.25) is 0 Å². The SMILES string of the molecule is Cl.OC(CCl)CNI. The summed E-state index contributed by atoms with van der Waals surface area (Å²) >= 11 is 7.19. The van der Waals surface area contributed by atoms with Crippen molar-refractivity contribution in [3.63, 3.8) is 0 Å². The van der Waals surface area contributed by atoms with Crippen LogP contribution >= 0.6 is 46.9 Å². The third kappa shape index (κ3) is 7.23. The third-order valence-electron chi connectivity index (χ3n) is 0.491. The van der Waals surface area contributed by atoms with Crippen LogP contribution in [0.4, 0.5) is 0 Å². The Morgan fingerprint density at radius 1 is 1.75 bits per heavy atom. The lowest BCUT2D eigenvalue weighted by molar-refractivity contribution is 0.204. The molecule has 0 aliphatic heterocycles. The van der Waals surface area contributed by atoms with Crippen LogP contribution < -0.4 is 3.53 Å². The molecule has 8 heavy (non-hydrogen) atoms. The number of hydrogen-bond acceptors (Lipinski definition) is 2. The van der Waals surface area contributed by atoms with Crippen LogP contribution in [0.3, 0.4) is 0 Å². The van der Waals surface area contributed by atoms with Crippen molar-refractivity contribution in [3.05, 3.63) is 0 Å². The molecule has 1 atom stereocenters. The second-order valence-corrected chi connectivity index (χ2v) is 2.22. The van der Waals surface area contributed by atoms with Crippen LogP contribution in [0, 0.1) is 0 Å². The first-order chi connectivity index (χ1) is 3.31. The highest BCUT2D eigenvalue weighted by Crippen LogP contribution is 1.84. The van der Waals surface area contributed by atoms with Gasteiger partial charge in [0.15, 0.2) is 0 Å². The Morgan fingerprint density at radius 2 is 2.25 bits per heavy atom. The van der Waals surface area contributed by atoms with Crippen molar-refractivity contribution in [1.82, 2.24) is 3.53 Å². The van der Waals surface area contributed by atoms with Gasteiger partial charge in [0, 0.05) is 35.3 Å². The average molecular weight is 272 g/mol. The normalized spacial score (nSPS) is 12.4. The molecule has 0 radical (unpaired) electrons. The minimum Gasteiger partial charge on any atom is -0.391 e. The Balaban J connectivity index is 0. The molecule has 0 aliphatic carbocycles. The molecule has 0 aliphatic rings.